The summed E-state index contributed by atoms with van der Waals surface area (Å²) < 4.78 is 27.3. The molecule has 2 N–H and O–H groups in total. The van der Waals surface area contributed by atoms with Gasteiger partial charge in [0.05, 0.1) is 16.5 Å². The summed E-state index contributed by atoms with van der Waals surface area (Å²) >= 11 is 1.08. The van der Waals surface area contributed by atoms with E-state index in [1.165, 1.54) is 18.2 Å². The maximum absolute atomic E-state index is 13.4. The molecule has 4 aromatic rings. The number of H-pyrrole nitrogens is 1. The molecule has 0 aliphatic rings. The number of amides is 1. The largest absolute Gasteiger partial charge is 0.300 e. The number of hydrogen-bond acceptors (Lipinski definition) is 5. The van der Waals surface area contributed by atoms with Gasteiger partial charge in [0.1, 0.15) is 6.54 Å². The van der Waals surface area contributed by atoms with Crippen LogP contribution in [0.4, 0.5) is 13.9 Å². The number of benzene rings is 2. The quantitative estimate of drug-likeness (QED) is 0.537. The van der Waals surface area contributed by atoms with Crippen LogP contribution in [-0.4, -0.2) is 20.7 Å². The number of carbonyl (C=O) groups excluding carboxylic acids is 1. The number of anilines is 1. The number of nitrogens with one attached hydrogen (secondary N) is 2. The molecule has 10 heteroatoms. The zero-order chi connectivity index (χ0) is 20.5. The predicted molar refractivity (Wildman–Crippen MR) is 105 cm³/mol. The smallest absolute Gasteiger partial charge is 0.273 e. The fourth-order valence-corrected chi connectivity index (χ4v) is 3.52. The van der Waals surface area contributed by atoms with Crippen molar-refractivity contribution in [3.05, 3.63) is 80.2 Å². The molecule has 4 rings (SSSR count). The highest BCUT2D eigenvalue weighted by atomic mass is 32.1. The van der Waals surface area contributed by atoms with Crippen molar-refractivity contribution in [1.29, 1.82) is 0 Å². The van der Waals surface area contributed by atoms with E-state index in [0.29, 0.717) is 11.3 Å². The van der Waals surface area contributed by atoms with Gasteiger partial charge in [0.15, 0.2) is 16.8 Å². The molecule has 0 bridgehead atoms. The first-order valence-electron chi connectivity index (χ1n) is 8.35. The van der Waals surface area contributed by atoms with Gasteiger partial charge in [0.25, 0.3) is 11.1 Å². The Labute approximate surface area is 165 Å². The van der Waals surface area contributed by atoms with Gasteiger partial charge in [0, 0.05) is 10.9 Å². The van der Waals surface area contributed by atoms with E-state index in [1.54, 1.807) is 17.5 Å². The predicted octanol–water partition coefficient (Wildman–Crippen LogP) is 2.73. The summed E-state index contributed by atoms with van der Waals surface area (Å²) in [5, 5.41) is 7.13. The molecule has 29 heavy (non-hydrogen) atoms. The summed E-state index contributed by atoms with van der Waals surface area (Å²) in [4.78, 5) is 41.0. The van der Waals surface area contributed by atoms with Crippen LogP contribution >= 0.6 is 11.3 Å². The van der Waals surface area contributed by atoms with Crippen molar-refractivity contribution in [2.24, 2.45) is 0 Å². The fraction of sp³-hybridized carbons (Fsp3) is 0.0526. The molecule has 0 atom stereocenters. The van der Waals surface area contributed by atoms with E-state index in [-0.39, 0.29) is 15.9 Å². The van der Waals surface area contributed by atoms with Gasteiger partial charge in [-0.15, -0.1) is 11.3 Å². The Morgan fingerprint density at radius 2 is 1.86 bits per heavy atom. The summed E-state index contributed by atoms with van der Waals surface area (Å²) in [5.74, 6) is -2.54. The van der Waals surface area contributed by atoms with E-state index in [4.69, 9.17) is 0 Å². The van der Waals surface area contributed by atoms with Gasteiger partial charge in [-0.2, -0.15) is 0 Å². The summed E-state index contributed by atoms with van der Waals surface area (Å²) in [5.41, 5.74) is -0.268. The van der Waals surface area contributed by atoms with Crippen LogP contribution in [0.25, 0.3) is 22.0 Å². The SMILES string of the molecule is O=C(Cn1[nH]c(=O)c2ccccc2c1=O)Nc1nc(-c2ccc(F)c(F)c2)cs1. The van der Waals surface area contributed by atoms with Gasteiger partial charge < -0.3 is 5.32 Å². The number of thiazole rings is 1. The van der Waals surface area contributed by atoms with Crippen LogP contribution in [0, 0.1) is 11.6 Å². The van der Waals surface area contributed by atoms with Crippen LogP contribution in [0.5, 0.6) is 0 Å². The second-order valence-electron chi connectivity index (χ2n) is 6.09. The zero-order valence-corrected chi connectivity index (χ0v) is 15.4. The zero-order valence-electron chi connectivity index (χ0n) is 14.6. The molecule has 0 radical (unpaired) electrons. The van der Waals surface area contributed by atoms with E-state index in [9.17, 15) is 23.2 Å². The number of aromatic amines is 1. The average molecular weight is 414 g/mol. The highest BCUT2D eigenvalue weighted by Crippen LogP contribution is 2.26. The highest BCUT2D eigenvalue weighted by Gasteiger charge is 2.13. The first-order chi connectivity index (χ1) is 13.9. The molecule has 0 unspecified atom stereocenters. The van der Waals surface area contributed by atoms with Gasteiger partial charge in [-0.1, -0.05) is 12.1 Å². The first kappa shape index (κ1) is 18.7. The van der Waals surface area contributed by atoms with Crippen LogP contribution in [-0.2, 0) is 11.3 Å². The molecule has 2 heterocycles. The van der Waals surface area contributed by atoms with Gasteiger partial charge in [-0.05, 0) is 30.3 Å². The first-order valence-corrected chi connectivity index (χ1v) is 9.23. The third kappa shape index (κ3) is 3.69. The molecule has 0 fully saturated rings. The van der Waals surface area contributed by atoms with Crippen molar-refractivity contribution in [2.45, 2.75) is 6.54 Å². The Bertz CT molecular complexity index is 1360. The molecule has 2 aromatic heterocycles. The summed E-state index contributed by atoms with van der Waals surface area (Å²) in [6.45, 7) is -0.418. The molecule has 0 saturated heterocycles. The Balaban J connectivity index is 1.54. The van der Waals surface area contributed by atoms with Crippen molar-refractivity contribution >= 4 is 33.1 Å². The van der Waals surface area contributed by atoms with E-state index in [2.05, 4.69) is 15.4 Å². The van der Waals surface area contributed by atoms with E-state index in [1.807, 2.05) is 0 Å². The lowest BCUT2D eigenvalue weighted by Crippen LogP contribution is -2.34. The summed E-state index contributed by atoms with van der Waals surface area (Å²) in [6.07, 6.45) is 0. The summed E-state index contributed by atoms with van der Waals surface area (Å²) in [7, 11) is 0. The lowest BCUT2D eigenvalue weighted by Gasteiger charge is -2.06. The fourth-order valence-electron chi connectivity index (χ4n) is 2.78. The number of nitrogens with zero attached hydrogens (tertiary/aromatic N) is 2. The Morgan fingerprint density at radius 3 is 2.62 bits per heavy atom. The number of hydrogen-bond donors (Lipinski definition) is 2. The summed E-state index contributed by atoms with van der Waals surface area (Å²) in [6, 6.07) is 9.67. The van der Waals surface area contributed by atoms with Gasteiger partial charge >= 0.3 is 0 Å². The number of carbonyl (C=O) groups is 1. The van der Waals surface area contributed by atoms with Crippen molar-refractivity contribution in [2.75, 3.05) is 5.32 Å². The van der Waals surface area contributed by atoms with Crippen LogP contribution in [0.2, 0.25) is 0 Å². The molecule has 0 spiro atoms. The van der Waals surface area contributed by atoms with Crippen molar-refractivity contribution in [3.63, 3.8) is 0 Å². The number of halogens is 2. The Morgan fingerprint density at radius 1 is 1.10 bits per heavy atom. The number of fused-ring (bicyclic) bond motifs is 1. The monoisotopic (exact) mass is 414 g/mol. The minimum Gasteiger partial charge on any atom is -0.300 e. The molecule has 7 nitrogen and oxygen atoms in total. The minimum absolute atomic E-state index is 0.207. The average Bonchev–Trinajstić information content (AvgIpc) is 3.16. The van der Waals surface area contributed by atoms with Crippen molar-refractivity contribution in [1.82, 2.24) is 14.8 Å². The Kier molecular flexibility index (Phi) is 4.77. The normalized spacial score (nSPS) is 11.0. The minimum atomic E-state index is -0.999. The number of rotatable bonds is 4. The van der Waals surface area contributed by atoms with Crippen LogP contribution in [0.1, 0.15) is 0 Å². The van der Waals surface area contributed by atoms with Crippen molar-refractivity contribution in [3.8, 4) is 11.3 Å². The molecule has 2 aromatic carbocycles. The second kappa shape index (κ2) is 7.40. The molecule has 0 saturated carbocycles. The van der Waals surface area contributed by atoms with E-state index in [0.717, 1.165) is 28.2 Å². The lowest BCUT2D eigenvalue weighted by molar-refractivity contribution is -0.117. The van der Waals surface area contributed by atoms with Gasteiger partial charge in [0.2, 0.25) is 5.91 Å². The topological polar surface area (TPSA) is 96.9 Å². The molecule has 1 amide bonds. The molecular weight excluding hydrogens is 402 g/mol. The Hall–Kier alpha value is -3.66. The maximum atomic E-state index is 13.4. The standard InChI is InChI=1S/C19H12F2N4O3S/c20-13-6-5-10(7-14(13)21)15-9-29-19(22-15)23-16(26)8-25-18(28)12-4-2-1-3-11(12)17(27)24-25/h1-7,9H,8H2,(H,24,27)(H,22,23,26). The lowest BCUT2D eigenvalue weighted by atomic mass is 10.2. The van der Waals surface area contributed by atoms with Gasteiger partial charge in [-0.25, -0.2) is 18.4 Å². The molecule has 146 valence electrons. The van der Waals surface area contributed by atoms with Crippen LogP contribution in [0.15, 0.2) is 57.4 Å². The van der Waals surface area contributed by atoms with Crippen LogP contribution in [0.3, 0.4) is 0 Å². The van der Waals surface area contributed by atoms with Crippen LogP contribution < -0.4 is 16.4 Å². The van der Waals surface area contributed by atoms with E-state index >= 15 is 0 Å². The maximum Gasteiger partial charge on any atom is 0.273 e. The third-order valence-corrected chi connectivity index (χ3v) is 4.91. The number of aromatic nitrogens is 3. The second-order valence-corrected chi connectivity index (χ2v) is 6.95. The van der Waals surface area contributed by atoms with Crippen molar-refractivity contribution < 1.29 is 13.6 Å². The van der Waals surface area contributed by atoms with E-state index < -0.39 is 35.2 Å². The van der Waals surface area contributed by atoms with Gasteiger partial charge in [-0.3, -0.25) is 19.5 Å². The third-order valence-electron chi connectivity index (χ3n) is 4.15. The molecule has 0 aliphatic carbocycles. The molecular formula is C19H12F2N4O3S. The molecule has 0 aliphatic heterocycles. The highest BCUT2D eigenvalue weighted by molar-refractivity contribution is 7.14.